The molecule has 17 heavy (non-hydrogen) atoms. The van der Waals surface area contributed by atoms with Crippen LogP contribution in [-0.2, 0) is 0 Å². The summed E-state index contributed by atoms with van der Waals surface area (Å²) in [6.45, 7) is 4.43. The van der Waals surface area contributed by atoms with Crippen LogP contribution in [0.5, 0.6) is 0 Å². The topological polar surface area (TPSA) is 0 Å². The first-order chi connectivity index (χ1) is 8.33. The first kappa shape index (κ1) is 11.7. The monoisotopic (exact) mass is 222 g/mol. The third kappa shape index (κ3) is 2.65. The molecule has 86 valence electrons. The molecule has 0 spiro atoms. The molecule has 0 unspecified atom stereocenters. The molecule has 2 rings (SSSR count). The van der Waals surface area contributed by atoms with Gasteiger partial charge in [-0.25, -0.2) is 0 Å². The zero-order valence-corrected chi connectivity index (χ0v) is 10.5. The first-order valence-electron chi connectivity index (χ1n) is 6.13. The molecule has 0 heteroatoms. The first-order valence-corrected chi connectivity index (χ1v) is 6.13. The Balaban J connectivity index is 2.56. The summed E-state index contributed by atoms with van der Waals surface area (Å²) >= 11 is 0. The third-order valence-corrected chi connectivity index (χ3v) is 3.08. The lowest BCUT2D eigenvalue weighted by Gasteiger charge is -2.12. The van der Waals surface area contributed by atoms with E-state index >= 15 is 0 Å². The van der Waals surface area contributed by atoms with Gasteiger partial charge in [-0.1, -0.05) is 73.2 Å². The number of hydrogen-bond acceptors (Lipinski definition) is 0. The molecule has 0 atom stereocenters. The van der Waals surface area contributed by atoms with Crippen molar-refractivity contribution in [1.82, 2.24) is 0 Å². The number of hydrogen-bond donors (Lipinski definition) is 0. The van der Waals surface area contributed by atoms with Crippen molar-refractivity contribution in [2.45, 2.75) is 20.3 Å². The number of allylic oxidation sites excluding steroid dienone is 1. The van der Waals surface area contributed by atoms with Crippen molar-refractivity contribution >= 4 is 5.57 Å². The van der Waals surface area contributed by atoms with Gasteiger partial charge in [0.1, 0.15) is 0 Å². The second kappa shape index (κ2) is 5.49. The highest BCUT2D eigenvalue weighted by Gasteiger charge is 2.06. The van der Waals surface area contributed by atoms with Crippen molar-refractivity contribution in [3.8, 4) is 0 Å². The minimum Gasteiger partial charge on any atom is -0.0651 e. The van der Waals surface area contributed by atoms with Gasteiger partial charge in [0.05, 0.1) is 0 Å². The maximum Gasteiger partial charge on any atom is -0.0122 e. The highest BCUT2D eigenvalue weighted by Crippen LogP contribution is 2.27. The van der Waals surface area contributed by atoms with Crippen molar-refractivity contribution in [2.75, 3.05) is 0 Å². The van der Waals surface area contributed by atoms with Crippen molar-refractivity contribution in [2.24, 2.45) is 0 Å². The van der Waals surface area contributed by atoms with Gasteiger partial charge in [-0.3, -0.25) is 0 Å². The summed E-state index contributed by atoms with van der Waals surface area (Å²) in [6.07, 6.45) is 1.08. The molecule has 0 amide bonds. The van der Waals surface area contributed by atoms with E-state index in [0.29, 0.717) is 0 Å². The molecule has 0 aliphatic heterocycles. The van der Waals surface area contributed by atoms with Gasteiger partial charge in [0.15, 0.2) is 0 Å². The van der Waals surface area contributed by atoms with Gasteiger partial charge in [0, 0.05) is 0 Å². The molecule has 0 saturated heterocycles. The Morgan fingerprint density at radius 1 is 0.765 bits per heavy atom. The Bertz CT molecular complexity index is 451. The van der Waals surface area contributed by atoms with E-state index in [1.165, 1.54) is 22.3 Å². The zero-order valence-electron chi connectivity index (χ0n) is 10.5. The second-order valence-corrected chi connectivity index (χ2v) is 4.24. The molecule has 2 aromatic rings. The Labute approximate surface area is 104 Å². The fraction of sp³-hybridized carbons (Fsp3) is 0.176. The molecule has 0 aromatic heterocycles. The van der Waals surface area contributed by atoms with Gasteiger partial charge in [-0.15, -0.1) is 0 Å². The molecule has 0 bridgehead atoms. The Hall–Kier alpha value is -1.82. The van der Waals surface area contributed by atoms with E-state index in [4.69, 9.17) is 0 Å². The van der Waals surface area contributed by atoms with Gasteiger partial charge in [0.25, 0.3) is 0 Å². The van der Waals surface area contributed by atoms with Crippen LogP contribution in [0.2, 0.25) is 0 Å². The molecule has 0 fully saturated rings. The third-order valence-electron chi connectivity index (χ3n) is 3.08. The maximum absolute atomic E-state index is 2.22. The average Bonchev–Trinajstić information content (AvgIpc) is 2.41. The minimum absolute atomic E-state index is 1.08. The molecular weight excluding hydrogens is 204 g/mol. The van der Waals surface area contributed by atoms with Crippen LogP contribution in [0.25, 0.3) is 5.57 Å². The molecule has 0 saturated carbocycles. The second-order valence-electron chi connectivity index (χ2n) is 4.24. The molecule has 2 aromatic carbocycles. The standard InChI is InChI=1S/C17H18/c1-3-14(2)17(15-10-6-4-7-11-15)16-12-8-5-9-13-16/h4-13H,3H2,1-2H3. The van der Waals surface area contributed by atoms with E-state index in [0.717, 1.165) is 6.42 Å². The van der Waals surface area contributed by atoms with E-state index in [9.17, 15) is 0 Å². The van der Waals surface area contributed by atoms with Crippen LogP contribution in [0.3, 0.4) is 0 Å². The summed E-state index contributed by atoms with van der Waals surface area (Å²) in [6, 6.07) is 21.2. The summed E-state index contributed by atoms with van der Waals surface area (Å²) in [4.78, 5) is 0. The molecular formula is C17H18. The average molecular weight is 222 g/mol. The quantitative estimate of drug-likeness (QED) is 0.691. The predicted octanol–water partition coefficient (Wildman–Crippen LogP) is 4.92. The zero-order chi connectivity index (χ0) is 12.1. The summed E-state index contributed by atoms with van der Waals surface area (Å²) < 4.78 is 0. The highest BCUT2D eigenvalue weighted by molar-refractivity contribution is 5.81. The van der Waals surface area contributed by atoms with E-state index in [1.807, 2.05) is 0 Å². The van der Waals surface area contributed by atoms with Crippen molar-refractivity contribution in [1.29, 1.82) is 0 Å². The van der Waals surface area contributed by atoms with Crippen LogP contribution in [-0.4, -0.2) is 0 Å². The molecule has 0 radical (unpaired) electrons. The SMILES string of the molecule is CCC(C)=C(c1ccccc1)c1ccccc1. The number of benzene rings is 2. The molecule has 0 aliphatic rings. The summed E-state index contributed by atoms with van der Waals surface area (Å²) in [7, 11) is 0. The predicted molar refractivity (Wildman–Crippen MR) is 74.9 cm³/mol. The summed E-state index contributed by atoms with van der Waals surface area (Å²) in [5.41, 5.74) is 5.41. The van der Waals surface area contributed by atoms with Crippen LogP contribution in [0, 0.1) is 0 Å². The Morgan fingerprint density at radius 3 is 1.53 bits per heavy atom. The maximum atomic E-state index is 2.22. The van der Waals surface area contributed by atoms with Gasteiger partial charge in [-0.05, 0) is 30.0 Å². The molecule has 0 heterocycles. The van der Waals surface area contributed by atoms with Crippen molar-refractivity contribution < 1.29 is 0 Å². The van der Waals surface area contributed by atoms with Gasteiger partial charge in [-0.2, -0.15) is 0 Å². The van der Waals surface area contributed by atoms with Crippen LogP contribution in [0.4, 0.5) is 0 Å². The number of rotatable bonds is 3. The lowest BCUT2D eigenvalue weighted by molar-refractivity contribution is 1.10. The normalized spacial score (nSPS) is 10.0. The Kier molecular flexibility index (Phi) is 3.77. The smallest absolute Gasteiger partial charge is 0.0122 e. The fourth-order valence-corrected chi connectivity index (χ4v) is 2.05. The van der Waals surface area contributed by atoms with Crippen LogP contribution < -0.4 is 0 Å². The lowest BCUT2D eigenvalue weighted by atomic mass is 9.93. The fourth-order valence-electron chi connectivity index (χ4n) is 2.05. The summed E-state index contributed by atoms with van der Waals surface area (Å²) in [5, 5.41) is 0. The molecule has 0 N–H and O–H groups in total. The lowest BCUT2D eigenvalue weighted by Crippen LogP contribution is -1.91. The van der Waals surface area contributed by atoms with Crippen LogP contribution in [0.15, 0.2) is 66.2 Å². The summed E-state index contributed by atoms with van der Waals surface area (Å²) in [5.74, 6) is 0. The van der Waals surface area contributed by atoms with E-state index in [-0.39, 0.29) is 0 Å². The van der Waals surface area contributed by atoms with Crippen LogP contribution >= 0.6 is 0 Å². The largest absolute Gasteiger partial charge is 0.0651 e. The van der Waals surface area contributed by atoms with Gasteiger partial charge >= 0.3 is 0 Å². The van der Waals surface area contributed by atoms with Gasteiger partial charge in [0.2, 0.25) is 0 Å². The molecule has 0 aliphatic carbocycles. The minimum atomic E-state index is 1.08. The highest BCUT2D eigenvalue weighted by atomic mass is 14.1. The van der Waals surface area contributed by atoms with Crippen molar-refractivity contribution in [3.05, 3.63) is 77.4 Å². The van der Waals surface area contributed by atoms with Gasteiger partial charge < -0.3 is 0 Å². The van der Waals surface area contributed by atoms with E-state index in [1.54, 1.807) is 0 Å². The van der Waals surface area contributed by atoms with Crippen LogP contribution in [0.1, 0.15) is 31.4 Å². The van der Waals surface area contributed by atoms with Crippen molar-refractivity contribution in [3.63, 3.8) is 0 Å². The molecule has 0 nitrogen and oxygen atoms in total. The van der Waals surface area contributed by atoms with E-state index in [2.05, 4.69) is 74.5 Å². The van der Waals surface area contributed by atoms with E-state index < -0.39 is 0 Å². The Morgan fingerprint density at radius 2 is 1.18 bits per heavy atom.